The van der Waals surface area contributed by atoms with E-state index in [2.05, 4.69) is 45.1 Å². The maximum atomic E-state index is 6.24. The normalized spacial score (nSPS) is 42.6. The van der Waals surface area contributed by atoms with Crippen LogP contribution in [0.5, 0.6) is 0 Å². The maximum Gasteiger partial charge on any atom is 0.0474 e. The second-order valence-corrected chi connectivity index (χ2v) is 8.28. The molecule has 0 aromatic rings. The van der Waals surface area contributed by atoms with Gasteiger partial charge < -0.3 is 5.73 Å². The van der Waals surface area contributed by atoms with Gasteiger partial charge in [-0.25, -0.2) is 10.4 Å². The van der Waals surface area contributed by atoms with E-state index in [0.717, 1.165) is 6.54 Å². The number of hydrazine groups is 1. The summed E-state index contributed by atoms with van der Waals surface area (Å²) in [5.74, 6) is 0.637. The third kappa shape index (κ3) is 3.20. The van der Waals surface area contributed by atoms with Gasteiger partial charge in [-0.2, -0.15) is 0 Å². The first kappa shape index (κ1) is 16.3. The average molecular weight is 281 g/mol. The van der Waals surface area contributed by atoms with E-state index in [1.54, 1.807) is 0 Å². The van der Waals surface area contributed by atoms with Crippen molar-refractivity contribution in [3.63, 3.8) is 0 Å². The minimum Gasteiger partial charge on any atom is -0.329 e. The molecule has 0 amide bonds. The number of nitrogens with one attached hydrogen (secondary N) is 1. The van der Waals surface area contributed by atoms with Crippen molar-refractivity contribution in [2.45, 2.75) is 90.8 Å². The standard InChI is InChI=1S/C17H35N3/c1-13-11-16(4,5)9-10-17(13,12-18)19-20-14(2)7-6-8-15(20)3/h13-15,19H,6-12,18H2,1-5H3. The molecule has 118 valence electrons. The van der Waals surface area contributed by atoms with Gasteiger partial charge in [-0.3, -0.25) is 0 Å². The van der Waals surface area contributed by atoms with E-state index < -0.39 is 0 Å². The SMILES string of the molecule is CC1CCCC(C)N1NC1(CN)CCC(C)(C)CC1C. The van der Waals surface area contributed by atoms with Crippen molar-refractivity contribution in [2.75, 3.05) is 6.54 Å². The van der Waals surface area contributed by atoms with Crippen LogP contribution in [0.2, 0.25) is 0 Å². The molecule has 0 aromatic heterocycles. The molecule has 0 bridgehead atoms. The van der Waals surface area contributed by atoms with Crippen LogP contribution in [0, 0.1) is 11.3 Å². The summed E-state index contributed by atoms with van der Waals surface area (Å²) in [6.07, 6.45) is 7.72. The lowest BCUT2D eigenvalue weighted by Gasteiger charge is -2.53. The highest BCUT2D eigenvalue weighted by Gasteiger charge is 2.45. The molecule has 3 nitrogen and oxygen atoms in total. The van der Waals surface area contributed by atoms with Gasteiger partial charge >= 0.3 is 0 Å². The van der Waals surface area contributed by atoms with Crippen molar-refractivity contribution in [3.8, 4) is 0 Å². The van der Waals surface area contributed by atoms with Crippen LogP contribution < -0.4 is 11.2 Å². The van der Waals surface area contributed by atoms with Gasteiger partial charge in [-0.15, -0.1) is 0 Å². The van der Waals surface area contributed by atoms with Gasteiger partial charge in [0.1, 0.15) is 0 Å². The first-order valence-corrected chi connectivity index (χ1v) is 8.56. The fourth-order valence-electron chi connectivity index (χ4n) is 4.35. The summed E-state index contributed by atoms with van der Waals surface area (Å²) in [6, 6.07) is 1.26. The lowest BCUT2D eigenvalue weighted by atomic mass is 9.64. The summed E-state index contributed by atoms with van der Waals surface area (Å²) in [5.41, 5.74) is 10.7. The van der Waals surface area contributed by atoms with E-state index in [0.29, 0.717) is 23.4 Å². The molecule has 4 unspecified atom stereocenters. The Bertz CT molecular complexity index is 318. The van der Waals surface area contributed by atoms with Crippen molar-refractivity contribution in [1.82, 2.24) is 10.4 Å². The van der Waals surface area contributed by atoms with Gasteiger partial charge in [0.2, 0.25) is 0 Å². The Kier molecular flexibility index (Phi) is 4.83. The molecule has 0 spiro atoms. The smallest absolute Gasteiger partial charge is 0.0474 e. The summed E-state index contributed by atoms with van der Waals surface area (Å²) < 4.78 is 0. The summed E-state index contributed by atoms with van der Waals surface area (Å²) in [6.45, 7) is 12.6. The highest BCUT2D eigenvalue weighted by Crippen LogP contribution is 2.44. The van der Waals surface area contributed by atoms with E-state index >= 15 is 0 Å². The molecule has 0 aromatic carbocycles. The minimum atomic E-state index is 0.107. The van der Waals surface area contributed by atoms with Crippen molar-refractivity contribution in [1.29, 1.82) is 0 Å². The molecular weight excluding hydrogens is 246 g/mol. The van der Waals surface area contributed by atoms with Gasteiger partial charge in [0.05, 0.1) is 0 Å². The van der Waals surface area contributed by atoms with Crippen LogP contribution in [0.4, 0.5) is 0 Å². The van der Waals surface area contributed by atoms with Crippen molar-refractivity contribution >= 4 is 0 Å². The second kappa shape index (κ2) is 5.94. The van der Waals surface area contributed by atoms with E-state index in [-0.39, 0.29) is 5.54 Å². The van der Waals surface area contributed by atoms with E-state index in [1.165, 1.54) is 38.5 Å². The summed E-state index contributed by atoms with van der Waals surface area (Å²) >= 11 is 0. The summed E-state index contributed by atoms with van der Waals surface area (Å²) in [4.78, 5) is 0. The number of hydrogen-bond acceptors (Lipinski definition) is 3. The Labute approximate surface area is 125 Å². The Balaban J connectivity index is 2.11. The Morgan fingerprint density at radius 2 is 1.70 bits per heavy atom. The van der Waals surface area contributed by atoms with E-state index in [9.17, 15) is 0 Å². The van der Waals surface area contributed by atoms with Crippen LogP contribution >= 0.6 is 0 Å². The van der Waals surface area contributed by atoms with Crippen molar-refractivity contribution in [2.24, 2.45) is 17.1 Å². The predicted octanol–water partition coefficient (Wildman–Crippen LogP) is 3.30. The van der Waals surface area contributed by atoms with Gasteiger partial charge in [0.25, 0.3) is 0 Å². The predicted molar refractivity (Wildman–Crippen MR) is 86.3 cm³/mol. The number of nitrogens with zero attached hydrogens (tertiary/aromatic N) is 1. The van der Waals surface area contributed by atoms with Gasteiger partial charge in [-0.05, 0) is 57.3 Å². The highest BCUT2D eigenvalue weighted by atomic mass is 15.6. The van der Waals surface area contributed by atoms with Crippen LogP contribution in [0.15, 0.2) is 0 Å². The third-order valence-electron chi connectivity index (χ3n) is 5.96. The fourth-order valence-corrected chi connectivity index (χ4v) is 4.35. The van der Waals surface area contributed by atoms with E-state index in [1.807, 2.05) is 0 Å². The molecule has 2 aliphatic rings. The van der Waals surface area contributed by atoms with Gasteiger partial charge in [-0.1, -0.05) is 27.2 Å². The average Bonchev–Trinajstić information content (AvgIpc) is 2.36. The van der Waals surface area contributed by atoms with E-state index in [4.69, 9.17) is 5.73 Å². The molecule has 1 aliphatic heterocycles. The number of nitrogens with two attached hydrogens (primary N) is 1. The number of piperidine rings is 1. The molecule has 1 saturated heterocycles. The quantitative estimate of drug-likeness (QED) is 0.834. The minimum absolute atomic E-state index is 0.107. The molecule has 2 fully saturated rings. The molecular formula is C17H35N3. The van der Waals surface area contributed by atoms with Crippen LogP contribution in [0.25, 0.3) is 0 Å². The number of hydrogen-bond donors (Lipinski definition) is 2. The molecule has 0 radical (unpaired) electrons. The second-order valence-electron chi connectivity index (χ2n) is 8.28. The largest absolute Gasteiger partial charge is 0.329 e. The van der Waals surface area contributed by atoms with Gasteiger partial charge in [0.15, 0.2) is 0 Å². The first-order valence-electron chi connectivity index (χ1n) is 8.56. The summed E-state index contributed by atoms with van der Waals surface area (Å²) in [5, 5.41) is 2.52. The van der Waals surface area contributed by atoms with Crippen LogP contribution in [0.1, 0.15) is 73.1 Å². The highest BCUT2D eigenvalue weighted by molar-refractivity contribution is 5.00. The molecule has 3 heteroatoms. The van der Waals surface area contributed by atoms with Crippen molar-refractivity contribution < 1.29 is 0 Å². The zero-order valence-corrected chi connectivity index (χ0v) is 14.2. The lowest BCUT2D eigenvalue weighted by molar-refractivity contribution is -0.0428. The number of rotatable bonds is 3. The summed E-state index contributed by atoms with van der Waals surface area (Å²) in [7, 11) is 0. The lowest BCUT2D eigenvalue weighted by Crippen LogP contribution is -2.67. The molecule has 2 rings (SSSR count). The molecule has 1 saturated carbocycles. The molecule has 3 N–H and O–H groups in total. The Morgan fingerprint density at radius 3 is 2.20 bits per heavy atom. The van der Waals surface area contributed by atoms with Crippen LogP contribution in [-0.2, 0) is 0 Å². The van der Waals surface area contributed by atoms with Gasteiger partial charge in [0, 0.05) is 24.2 Å². The fraction of sp³-hybridized carbons (Fsp3) is 1.00. The molecule has 20 heavy (non-hydrogen) atoms. The molecule has 1 aliphatic carbocycles. The topological polar surface area (TPSA) is 41.3 Å². The monoisotopic (exact) mass is 281 g/mol. The third-order valence-corrected chi connectivity index (χ3v) is 5.96. The van der Waals surface area contributed by atoms with Crippen LogP contribution in [0.3, 0.4) is 0 Å². The Morgan fingerprint density at radius 1 is 1.10 bits per heavy atom. The van der Waals surface area contributed by atoms with Crippen molar-refractivity contribution in [3.05, 3.63) is 0 Å². The molecule has 4 atom stereocenters. The van der Waals surface area contributed by atoms with Crippen LogP contribution in [-0.4, -0.2) is 29.2 Å². The first-order chi connectivity index (χ1) is 9.30. The zero-order valence-electron chi connectivity index (χ0n) is 14.2. The molecule has 1 heterocycles. The maximum absolute atomic E-state index is 6.24. The Hall–Kier alpha value is -0.120. The zero-order chi connectivity index (χ0) is 15.0.